The van der Waals surface area contributed by atoms with E-state index in [0.717, 1.165) is 0 Å². The van der Waals surface area contributed by atoms with E-state index in [2.05, 4.69) is 0 Å². The second kappa shape index (κ2) is 6.40. The Hall–Kier alpha value is -1.22. The van der Waals surface area contributed by atoms with Gasteiger partial charge < -0.3 is 20.4 Å². The highest BCUT2D eigenvalue weighted by Gasteiger charge is 2.78. The van der Waals surface area contributed by atoms with E-state index in [4.69, 9.17) is 0 Å². The van der Waals surface area contributed by atoms with Gasteiger partial charge in [-0.05, 0) is 42.7 Å². The first-order valence-electron chi connectivity index (χ1n) is 10.6. The molecule has 0 radical (unpaired) electrons. The van der Waals surface area contributed by atoms with Gasteiger partial charge in [-0.2, -0.15) is 0 Å². The Bertz CT molecular complexity index is 830. The van der Waals surface area contributed by atoms with Gasteiger partial charge in [-0.1, -0.05) is 20.8 Å². The van der Waals surface area contributed by atoms with Gasteiger partial charge in [0.15, 0.2) is 23.9 Å². The summed E-state index contributed by atoms with van der Waals surface area (Å²) < 4.78 is 30.4. The normalized spacial score (nSPS) is 55.4. The van der Waals surface area contributed by atoms with Crippen molar-refractivity contribution in [1.82, 2.24) is 0 Å². The van der Waals surface area contributed by atoms with Gasteiger partial charge in [0.2, 0.25) is 0 Å². The Morgan fingerprint density at radius 2 is 1.90 bits per heavy atom. The number of carbonyl (C=O) groups is 2. The van der Waals surface area contributed by atoms with E-state index in [1.165, 1.54) is 13.0 Å². The minimum absolute atomic E-state index is 0.0521. The summed E-state index contributed by atoms with van der Waals surface area (Å²) >= 11 is 0. The molecule has 0 aromatic rings. The van der Waals surface area contributed by atoms with Crippen molar-refractivity contribution in [3.8, 4) is 0 Å². The molecular weight excluding hydrogens is 398 g/mol. The molecule has 0 aromatic heterocycles. The van der Waals surface area contributed by atoms with Gasteiger partial charge in [0.25, 0.3) is 0 Å². The van der Waals surface area contributed by atoms with Crippen LogP contribution < -0.4 is 0 Å². The van der Waals surface area contributed by atoms with E-state index in [0.29, 0.717) is 0 Å². The van der Waals surface area contributed by atoms with Crippen LogP contribution in [0.5, 0.6) is 0 Å². The summed E-state index contributed by atoms with van der Waals surface area (Å²) in [7, 11) is 0. The van der Waals surface area contributed by atoms with Crippen LogP contribution in [-0.4, -0.2) is 68.2 Å². The summed E-state index contributed by atoms with van der Waals surface area (Å²) in [6, 6.07) is 0. The minimum atomic E-state index is -2.38. The molecule has 6 nitrogen and oxygen atoms in total. The van der Waals surface area contributed by atoms with Crippen LogP contribution in [0.4, 0.5) is 8.78 Å². The smallest absolute Gasteiger partial charge is 0.196 e. The number of hydrogen-bond donors (Lipinski definition) is 4. The molecule has 10 atom stereocenters. The number of rotatable bonds is 2. The van der Waals surface area contributed by atoms with Crippen molar-refractivity contribution in [1.29, 1.82) is 0 Å². The van der Waals surface area contributed by atoms with Crippen molar-refractivity contribution in [2.45, 2.75) is 76.0 Å². The standard InChI is InChI=1S/C22H30F2O6/c1-10-6-12-16-18(29)17(28)13-7-11(25)4-5-19(13,2)21(16,24)14(26)8-20(12,3)22(10,30)15(27)9-23/h7,10,12,14,16-18,26,28-30H,4-6,8-9H2,1-3H3/t10?,12-,14?,16+,17?,18?,19-,20-,21+,22-/m0/s1. The number of alkyl halides is 2. The second-order valence-corrected chi connectivity index (χ2v) is 10.3. The Labute approximate surface area is 174 Å². The molecule has 0 bridgehead atoms. The third-order valence-electron chi connectivity index (χ3n) is 9.26. The van der Waals surface area contributed by atoms with Gasteiger partial charge >= 0.3 is 0 Å². The van der Waals surface area contributed by atoms with Crippen LogP contribution in [0.25, 0.3) is 0 Å². The van der Waals surface area contributed by atoms with Crippen molar-refractivity contribution in [3.05, 3.63) is 11.6 Å². The summed E-state index contributed by atoms with van der Waals surface area (Å²) in [4.78, 5) is 24.4. The van der Waals surface area contributed by atoms with E-state index >= 15 is 4.39 Å². The molecule has 168 valence electrons. The van der Waals surface area contributed by atoms with Gasteiger partial charge in [0.05, 0.1) is 12.2 Å². The molecule has 0 spiro atoms. The SMILES string of the molecule is CC1C[C@H]2[C@@H]3C(O)C(O)C4=CC(=O)CC[C@]4(C)[C@@]3(F)C(O)C[C@]2(C)[C@@]1(O)C(=O)CF. The first-order chi connectivity index (χ1) is 13.8. The molecule has 4 aliphatic carbocycles. The number of aliphatic hydroxyl groups excluding tert-OH is 3. The quantitative estimate of drug-likeness (QED) is 0.523. The van der Waals surface area contributed by atoms with Crippen LogP contribution in [0.3, 0.4) is 0 Å². The predicted molar refractivity (Wildman–Crippen MR) is 102 cm³/mol. The van der Waals surface area contributed by atoms with Crippen LogP contribution in [0.15, 0.2) is 11.6 Å². The Morgan fingerprint density at radius 1 is 1.27 bits per heavy atom. The lowest BCUT2D eigenvalue weighted by Gasteiger charge is -2.65. The van der Waals surface area contributed by atoms with Crippen LogP contribution in [-0.2, 0) is 9.59 Å². The Morgan fingerprint density at radius 3 is 2.50 bits per heavy atom. The van der Waals surface area contributed by atoms with Gasteiger partial charge in [-0.25, -0.2) is 8.78 Å². The van der Waals surface area contributed by atoms with E-state index in [9.17, 15) is 34.4 Å². The maximum Gasteiger partial charge on any atom is 0.196 e. The first kappa shape index (κ1) is 22.0. The zero-order valence-electron chi connectivity index (χ0n) is 17.4. The third kappa shape index (κ3) is 2.21. The average molecular weight is 428 g/mol. The number of Topliss-reactive ketones (excluding diaryl/α,β-unsaturated/α-hetero) is 1. The molecule has 4 N–H and O–H groups in total. The molecule has 0 aliphatic heterocycles. The molecule has 3 fully saturated rings. The van der Waals surface area contributed by atoms with Gasteiger partial charge in [0, 0.05) is 23.2 Å². The van der Waals surface area contributed by atoms with Crippen LogP contribution in [0, 0.1) is 28.6 Å². The molecule has 0 heterocycles. The predicted octanol–water partition coefficient (Wildman–Crippen LogP) is 1.04. The Kier molecular flexibility index (Phi) is 4.69. The fourth-order valence-corrected chi connectivity index (χ4v) is 7.62. The zero-order chi connectivity index (χ0) is 22.4. The summed E-state index contributed by atoms with van der Waals surface area (Å²) in [6.45, 7) is 3.29. The van der Waals surface area contributed by atoms with Crippen LogP contribution in [0.2, 0.25) is 0 Å². The number of carbonyl (C=O) groups excluding carboxylic acids is 2. The molecule has 3 saturated carbocycles. The highest BCUT2D eigenvalue weighted by atomic mass is 19.1. The van der Waals surface area contributed by atoms with Crippen LogP contribution in [0.1, 0.15) is 46.5 Å². The highest BCUT2D eigenvalue weighted by Crippen LogP contribution is 2.71. The lowest BCUT2D eigenvalue weighted by Crippen LogP contribution is -2.74. The third-order valence-corrected chi connectivity index (χ3v) is 9.26. The summed E-state index contributed by atoms with van der Waals surface area (Å²) in [5, 5.41) is 44.3. The van der Waals surface area contributed by atoms with Crippen molar-refractivity contribution in [2.75, 3.05) is 6.67 Å². The molecule has 8 heteroatoms. The minimum Gasteiger partial charge on any atom is -0.390 e. The Balaban J connectivity index is 1.91. The van der Waals surface area contributed by atoms with Crippen molar-refractivity contribution in [2.24, 2.45) is 28.6 Å². The van der Waals surface area contributed by atoms with E-state index in [1.807, 2.05) is 0 Å². The maximum absolute atomic E-state index is 17.0. The average Bonchev–Trinajstić information content (AvgIpc) is 2.89. The maximum atomic E-state index is 17.0. The molecule has 4 rings (SSSR count). The molecule has 0 saturated heterocycles. The van der Waals surface area contributed by atoms with Gasteiger partial charge in [-0.3, -0.25) is 9.59 Å². The summed E-state index contributed by atoms with van der Waals surface area (Å²) in [6.07, 6.45) is -3.70. The summed E-state index contributed by atoms with van der Waals surface area (Å²) in [5.74, 6) is -4.07. The number of aliphatic hydroxyl groups is 4. The second-order valence-electron chi connectivity index (χ2n) is 10.3. The van der Waals surface area contributed by atoms with E-state index < -0.39 is 70.6 Å². The van der Waals surface area contributed by atoms with E-state index in [1.54, 1.807) is 13.8 Å². The fourth-order valence-electron chi connectivity index (χ4n) is 7.62. The molecule has 0 amide bonds. The molecule has 0 aromatic carbocycles. The zero-order valence-corrected chi connectivity index (χ0v) is 17.4. The number of ketones is 2. The lowest BCUT2D eigenvalue weighted by molar-refractivity contribution is -0.261. The molecule has 4 unspecified atom stereocenters. The monoisotopic (exact) mass is 428 g/mol. The number of halogens is 2. The number of hydrogen-bond acceptors (Lipinski definition) is 6. The van der Waals surface area contributed by atoms with Gasteiger partial charge in [-0.15, -0.1) is 0 Å². The number of fused-ring (bicyclic) bond motifs is 5. The highest BCUT2D eigenvalue weighted by molar-refractivity contribution is 5.92. The van der Waals surface area contributed by atoms with Crippen molar-refractivity contribution < 1.29 is 38.8 Å². The lowest BCUT2D eigenvalue weighted by atomic mass is 9.42. The molecular formula is C22H30F2O6. The first-order valence-corrected chi connectivity index (χ1v) is 10.6. The largest absolute Gasteiger partial charge is 0.390 e. The molecule has 30 heavy (non-hydrogen) atoms. The molecule has 4 aliphatic rings. The van der Waals surface area contributed by atoms with E-state index in [-0.39, 0.29) is 37.0 Å². The van der Waals surface area contributed by atoms with Gasteiger partial charge in [0.1, 0.15) is 11.7 Å². The van der Waals surface area contributed by atoms with Crippen LogP contribution >= 0.6 is 0 Å². The van der Waals surface area contributed by atoms with Crippen molar-refractivity contribution in [3.63, 3.8) is 0 Å². The van der Waals surface area contributed by atoms with Crippen molar-refractivity contribution >= 4 is 11.6 Å². The topological polar surface area (TPSA) is 115 Å². The fraction of sp³-hybridized carbons (Fsp3) is 0.818. The summed E-state index contributed by atoms with van der Waals surface area (Å²) in [5.41, 5.74) is -7.18.